The van der Waals surface area contributed by atoms with Crippen molar-refractivity contribution in [3.63, 3.8) is 0 Å². The van der Waals surface area contributed by atoms with Crippen LogP contribution in [0.4, 0.5) is 0 Å². The van der Waals surface area contributed by atoms with E-state index in [9.17, 15) is 0 Å². The number of rotatable bonds is 3. The molecule has 9 nitrogen and oxygen atoms in total. The predicted octanol–water partition coefficient (Wildman–Crippen LogP) is -4.42. The van der Waals surface area contributed by atoms with Crippen LogP contribution in [-0.4, -0.2) is 79.5 Å². The van der Waals surface area contributed by atoms with Gasteiger partial charge in [0, 0.05) is 18.1 Å². The van der Waals surface area contributed by atoms with E-state index in [-0.39, 0.29) is 72.8 Å². The Bertz CT molecular complexity index is 479. The van der Waals surface area contributed by atoms with E-state index in [1.165, 1.54) is 0 Å². The smallest absolute Gasteiger partial charge is 0.103 e. The number of fused-ring (bicyclic) bond motifs is 2. The molecule has 0 amide bonds. The van der Waals surface area contributed by atoms with E-state index < -0.39 is 0 Å². The molecule has 12 unspecified atom stereocenters. The van der Waals surface area contributed by atoms with Crippen LogP contribution in [0.2, 0.25) is 0 Å². The fourth-order valence-electron chi connectivity index (χ4n) is 4.19. The third-order valence-corrected chi connectivity index (χ3v) is 5.69. The van der Waals surface area contributed by atoms with Gasteiger partial charge in [-0.1, -0.05) is 0 Å². The molecule has 0 spiro atoms. The number of nitrogens with two attached hydrogens (primary N) is 5. The highest BCUT2D eigenvalue weighted by Crippen LogP contribution is 2.39. The first kappa shape index (κ1) is 14.9. The Morgan fingerprint density at radius 2 is 1.18 bits per heavy atom. The van der Waals surface area contributed by atoms with E-state index >= 15 is 0 Å². The average Bonchev–Trinajstić information content (AvgIpc) is 3.37. The Balaban J connectivity index is 1.54. The molecule has 2 aliphatic carbocycles. The van der Waals surface area contributed by atoms with Crippen molar-refractivity contribution in [1.82, 2.24) is 5.32 Å². The van der Waals surface area contributed by atoms with Gasteiger partial charge in [-0.05, 0) is 6.72 Å². The minimum atomic E-state index is -0.314. The summed E-state index contributed by atoms with van der Waals surface area (Å²) in [5.74, 6) is 0. The first-order valence-electron chi connectivity index (χ1n) is 7.76. The highest BCUT2D eigenvalue weighted by atomic mass is 16.6. The highest BCUT2D eigenvalue weighted by molar-refractivity contribution is 5.29. The average molecular weight is 311 g/mol. The van der Waals surface area contributed by atoms with E-state index in [4.69, 9.17) is 38.1 Å². The fourth-order valence-corrected chi connectivity index (χ4v) is 4.19. The molecule has 2 heterocycles. The van der Waals surface area contributed by atoms with Crippen molar-refractivity contribution in [2.75, 3.05) is 0 Å². The summed E-state index contributed by atoms with van der Waals surface area (Å²) in [6.45, 7) is 3.65. The molecule has 22 heavy (non-hydrogen) atoms. The van der Waals surface area contributed by atoms with Crippen molar-refractivity contribution in [2.45, 2.75) is 72.8 Å². The van der Waals surface area contributed by atoms with E-state index in [1.54, 1.807) is 0 Å². The van der Waals surface area contributed by atoms with Crippen LogP contribution in [0.5, 0.6) is 0 Å². The fraction of sp³-hybridized carbons (Fsp3) is 0.923. The van der Waals surface area contributed by atoms with Gasteiger partial charge in [-0.15, -0.1) is 0 Å². The zero-order valence-corrected chi connectivity index (χ0v) is 12.3. The Labute approximate surface area is 128 Å². The zero-order valence-electron chi connectivity index (χ0n) is 12.3. The molecule has 0 aromatic carbocycles. The molecule has 2 saturated carbocycles. The second-order valence-electron chi connectivity index (χ2n) is 6.91. The van der Waals surface area contributed by atoms with Crippen molar-refractivity contribution in [1.29, 1.82) is 0 Å². The standard InChI is InChI=1S/C13H25N7O2/c1-19-8-5(17)12-13(22-12)6(18)9(8)20-7-2(14)3(15)10-11(21-10)4(7)16/h2-13,20H,1,14-18H2. The van der Waals surface area contributed by atoms with E-state index in [0.29, 0.717) is 0 Å². The molecule has 4 aliphatic rings. The van der Waals surface area contributed by atoms with Gasteiger partial charge < -0.3 is 43.5 Å². The van der Waals surface area contributed by atoms with E-state index in [0.717, 1.165) is 0 Å². The van der Waals surface area contributed by atoms with Gasteiger partial charge in [-0.25, -0.2) is 0 Å². The molecule has 9 heteroatoms. The van der Waals surface area contributed by atoms with Gasteiger partial charge in [0.15, 0.2) is 0 Å². The maximum atomic E-state index is 6.31. The van der Waals surface area contributed by atoms with Crippen LogP contribution >= 0.6 is 0 Å². The van der Waals surface area contributed by atoms with Gasteiger partial charge in [-0.3, -0.25) is 4.99 Å². The van der Waals surface area contributed by atoms with Crippen molar-refractivity contribution in [2.24, 2.45) is 33.7 Å². The molecule has 0 aromatic rings. The zero-order chi connectivity index (χ0) is 15.8. The maximum Gasteiger partial charge on any atom is 0.103 e. The first-order chi connectivity index (χ1) is 10.5. The molecular formula is C13H25N7O2. The van der Waals surface area contributed by atoms with E-state index in [1.807, 2.05) is 0 Å². The Hall–Kier alpha value is -0.650. The summed E-state index contributed by atoms with van der Waals surface area (Å²) in [5.41, 5.74) is 31.2. The van der Waals surface area contributed by atoms with Crippen LogP contribution in [0.15, 0.2) is 4.99 Å². The summed E-state index contributed by atoms with van der Waals surface area (Å²) < 4.78 is 11.1. The predicted molar refractivity (Wildman–Crippen MR) is 81.2 cm³/mol. The third kappa shape index (κ3) is 1.98. The molecule has 124 valence electrons. The number of nitrogens with one attached hydrogen (secondary N) is 1. The number of epoxide rings is 2. The van der Waals surface area contributed by atoms with Crippen LogP contribution in [0, 0.1) is 0 Å². The van der Waals surface area contributed by atoms with Crippen molar-refractivity contribution < 1.29 is 9.47 Å². The summed E-state index contributed by atoms with van der Waals surface area (Å²) in [5, 5.41) is 3.45. The van der Waals surface area contributed by atoms with E-state index in [2.05, 4.69) is 17.0 Å². The summed E-state index contributed by atoms with van der Waals surface area (Å²) in [7, 11) is 0. The van der Waals surface area contributed by atoms with Crippen LogP contribution in [0.1, 0.15) is 0 Å². The van der Waals surface area contributed by atoms with Gasteiger partial charge >= 0.3 is 0 Å². The SMILES string of the molecule is C=NC1C(N)C2OC2C(N)C1NC1C(N)C(N)C2OC2C1N. The molecule has 0 aromatic heterocycles. The third-order valence-electron chi connectivity index (χ3n) is 5.69. The molecule has 2 aliphatic heterocycles. The van der Waals surface area contributed by atoms with Crippen molar-refractivity contribution >= 4 is 6.72 Å². The molecule has 4 fully saturated rings. The number of hydrogen-bond acceptors (Lipinski definition) is 9. The normalized spacial score (nSPS) is 62.8. The lowest BCUT2D eigenvalue weighted by molar-refractivity contribution is 0.215. The Kier molecular flexibility index (Phi) is 3.34. The van der Waals surface area contributed by atoms with Crippen molar-refractivity contribution in [3.8, 4) is 0 Å². The lowest BCUT2D eigenvalue weighted by atomic mass is 9.79. The van der Waals surface area contributed by atoms with Crippen LogP contribution in [0.25, 0.3) is 0 Å². The minimum Gasteiger partial charge on any atom is -0.366 e. The largest absolute Gasteiger partial charge is 0.366 e. The van der Waals surface area contributed by atoms with Crippen LogP contribution in [-0.2, 0) is 9.47 Å². The highest BCUT2D eigenvalue weighted by Gasteiger charge is 2.61. The lowest BCUT2D eigenvalue weighted by Crippen LogP contribution is -2.74. The number of aliphatic imine (C=N–C) groups is 1. The Morgan fingerprint density at radius 3 is 1.77 bits per heavy atom. The van der Waals surface area contributed by atoms with Gasteiger partial charge in [0.25, 0.3) is 0 Å². The maximum absolute atomic E-state index is 6.31. The minimum absolute atomic E-state index is 0.0318. The van der Waals surface area contributed by atoms with Gasteiger partial charge in [0.05, 0.1) is 30.2 Å². The molecule has 11 N–H and O–H groups in total. The number of ether oxygens (including phenoxy) is 2. The summed E-state index contributed by atoms with van der Waals surface area (Å²) in [4.78, 5) is 4.16. The molecule has 2 saturated heterocycles. The molecule has 4 rings (SSSR count). The quantitative estimate of drug-likeness (QED) is 0.223. The van der Waals surface area contributed by atoms with Gasteiger partial charge in [-0.2, -0.15) is 0 Å². The first-order valence-corrected chi connectivity index (χ1v) is 7.76. The number of nitrogens with zero attached hydrogens (tertiary/aromatic N) is 1. The second-order valence-corrected chi connectivity index (χ2v) is 6.91. The van der Waals surface area contributed by atoms with Crippen molar-refractivity contribution in [3.05, 3.63) is 0 Å². The topological polar surface area (TPSA) is 180 Å². The summed E-state index contributed by atoms with van der Waals surface area (Å²) >= 11 is 0. The monoisotopic (exact) mass is 311 g/mol. The summed E-state index contributed by atoms with van der Waals surface area (Å²) in [6, 6.07) is -1.88. The molecule has 0 bridgehead atoms. The molecule has 0 radical (unpaired) electrons. The van der Waals surface area contributed by atoms with Gasteiger partial charge in [0.1, 0.15) is 24.4 Å². The van der Waals surface area contributed by atoms with Crippen LogP contribution < -0.4 is 34.0 Å². The molecular weight excluding hydrogens is 286 g/mol. The molecule has 12 atom stereocenters. The second kappa shape index (κ2) is 4.92. The number of hydrogen-bond donors (Lipinski definition) is 6. The lowest BCUT2D eigenvalue weighted by Gasteiger charge is -2.43. The van der Waals surface area contributed by atoms with Gasteiger partial charge in [0.2, 0.25) is 0 Å². The Morgan fingerprint density at radius 1 is 0.682 bits per heavy atom. The summed E-state index contributed by atoms with van der Waals surface area (Å²) in [6.07, 6.45) is -0.147. The van der Waals surface area contributed by atoms with Crippen LogP contribution in [0.3, 0.4) is 0 Å².